The smallest absolute Gasteiger partial charge is 0.316 e. The van der Waals surface area contributed by atoms with E-state index in [1.54, 1.807) is 13.3 Å². The summed E-state index contributed by atoms with van der Waals surface area (Å²) in [5, 5.41) is 6.02. The van der Waals surface area contributed by atoms with Crippen molar-refractivity contribution < 1.29 is 19.0 Å². The number of imidazole rings is 1. The lowest BCUT2D eigenvalue weighted by Crippen LogP contribution is -2.40. The maximum atomic E-state index is 12.9. The number of hydrogen-bond donors (Lipinski definition) is 2. The summed E-state index contributed by atoms with van der Waals surface area (Å²) in [5.41, 5.74) is 1.79. The van der Waals surface area contributed by atoms with Crippen LogP contribution in [0.25, 0.3) is 0 Å². The van der Waals surface area contributed by atoms with Crippen LogP contribution < -0.4 is 24.8 Å². The van der Waals surface area contributed by atoms with E-state index in [0.29, 0.717) is 23.1 Å². The zero-order chi connectivity index (χ0) is 21.1. The van der Waals surface area contributed by atoms with Gasteiger partial charge in [-0.3, -0.25) is 0 Å². The van der Waals surface area contributed by atoms with Crippen molar-refractivity contribution in [2.24, 2.45) is 7.05 Å². The molecule has 0 saturated heterocycles. The van der Waals surface area contributed by atoms with Crippen LogP contribution >= 0.6 is 0 Å². The van der Waals surface area contributed by atoms with E-state index in [4.69, 9.17) is 14.2 Å². The third kappa shape index (κ3) is 4.03. The molecule has 156 valence electrons. The highest BCUT2D eigenvalue weighted by atomic mass is 16.7. The second kappa shape index (κ2) is 8.36. The molecule has 4 rings (SSSR count). The summed E-state index contributed by atoms with van der Waals surface area (Å²) in [6, 6.07) is 12.2. The van der Waals surface area contributed by atoms with Crippen molar-refractivity contribution in [1.29, 1.82) is 0 Å². The zero-order valence-electron chi connectivity index (χ0n) is 17.1. The van der Waals surface area contributed by atoms with Gasteiger partial charge in [0.1, 0.15) is 17.6 Å². The summed E-state index contributed by atoms with van der Waals surface area (Å²) in [5.74, 6) is 2.82. The molecule has 1 aliphatic rings. The number of aryl methyl sites for hydroxylation is 1. The third-order valence-corrected chi connectivity index (χ3v) is 5.06. The molecule has 2 amide bonds. The highest BCUT2D eigenvalue weighted by Crippen LogP contribution is 2.34. The fourth-order valence-electron chi connectivity index (χ4n) is 3.41. The van der Waals surface area contributed by atoms with Gasteiger partial charge in [-0.25, -0.2) is 9.78 Å². The molecule has 8 nitrogen and oxygen atoms in total. The fraction of sp³-hybridized carbons (Fsp3) is 0.273. The average molecular weight is 408 g/mol. The lowest BCUT2D eigenvalue weighted by atomic mass is 10.1. The lowest BCUT2D eigenvalue weighted by molar-refractivity contribution is 0.174. The van der Waals surface area contributed by atoms with Gasteiger partial charge in [-0.15, -0.1) is 0 Å². The van der Waals surface area contributed by atoms with Crippen LogP contribution in [-0.2, 0) is 7.05 Å². The molecule has 2 N–H and O–H groups in total. The van der Waals surface area contributed by atoms with Gasteiger partial charge in [0.2, 0.25) is 6.79 Å². The molecule has 1 aromatic heterocycles. The minimum absolute atomic E-state index is 0.215. The molecule has 3 aromatic rings. The number of benzene rings is 2. The first-order valence-electron chi connectivity index (χ1n) is 9.63. The number of methoxy groups -OCH3 is 1. The van der Waals surface area contributed by atoms with Crippen molar-refractivity contribution in [2.45, 2.75) is 19.0 Å². The van der Waals surface area contributed by atoms with E-state index in [9.17, 15) is 4.79 Å². The fourth-order valence-corrected chi connectivity index (χ4v) is 3.41. The van der Waals surface area contributed by atoms with E-state index in [2.05, 4.69) is 15.6 Å². The Balaban J connectivity index is 1.52. The number of ether oxygens (including phenoxy) is 3. The maximum Gasteiger partial charge on any atom is 0.316 e. The predicted octanol–water partition coefficient (Wildman–Crippen LogP) is 3.31. The Hall–Kier alpha value is -3.68. The Morgan fingerprint density at radius 1 is 1.13 bits per heavy atom. The molecule has 2 atom stereocenters. The summed E-state index contributed by atoms with van der Waals surface area (Å²) in [7, 11) is 3.51. The summed E-state index contributed by atoms with van der Waals surface area (Å²) < 4.78 is 18.0. The van der Waals surface area contributed by atoms with Crippen molar-refractivity contribution in [3.05, 3.63) is 71.8 Å². The lowest BCUT2D eigenvalue weighted by Gasteiger charge is -2.22. The number of aromatic nitrogens is 2. The van der Waals surface area contributed by atoms with Crippen LogP contribution in [0.15, 0.2) is 54.9 Å². The van der Waals surface area contributed by atoms with Gasteiger partial charge in [0.15, 0.2) is 11.5 Å². The van der Waals surface area contributed by atoms with Crippen LogP contribution in [-0.4, -0.2) is 29.5 Å². The zero-order valence-corrected chi connectivity index (χ0v) is 17.1. The standard InChI is InChI=1S/C22H24N4O4/c1-14(15-7-8-18-19(12-15)30-13-29-18)24-22(27)25-20(21-23-9-10-26(21)2)16-5-4-6-17(11-16)28-3/h4-12,14,20H,13H2,1-3H3,(H2,24,25,27). The minimum atomic E-state index is -0.441. The molecule has 0 bridgehead atoms. The molecule has 0 radical (unpaired) electrons. The number of hydrogen-bond acceptors (Lipinski definition) is 5. The monoisotopic (exact) mass is 408 g/mol. The number of rotatable bonds is 6. The predicted molar refractivity (Wildman–Crippen MR) is 111 cm³/mol. The van der Waals surface area contributed by atoms with E-state index in [1.165, 1.54) is 0 Å². The van der Waals surface area contributed by atoms with Gasteiger partial charge >= 0.3 is 6.03 Å². The van der Waals surface area contributed by atoms with Gasteiger partial charge in [0.25, 0.3) is 0 Å². The molecule has 0 saturated carbocycles. The molecule has 8 heteroatoms. The Bertz CT molecular complexity index is 1050. The number of fused-ring (bicyclic) bond motifs is 1. The van der Waals surface area contributed by atoms with E-state index >= 15 is 0 Å². The molecular weight excluding hydrogens is 384 g/mol. The molecule has 0 aliphatic carbocycles. The van der Waals surface area contributed by atoms with Gasteiger partial charge < -0.3 is 29.4 Å². The molecule has 2 heterocycles. The number of carbonyl (C=O) groups is 1. The molecule has 2 unspecified atom stereocenters. The first-order chi connectivity index (χ1) is 14.5. The molecule has 2 aromatic carbocycles. The summed E-state index contributed by atoms with van der Waals surface area (Å²) in [6.45, 7) is 2.13. The van der Waals surface area contributed by atoms with Crippen molar-refractivity contribution in [2.75, 3.05) is 13.9 Å². The first-order valence-corrected chi connectivity index (χ1v) is 9.63. The Morgan fingerprint density at radius 3 is 2.73 bits per heavy atom. The average Bonchev–Trinajstić information content (AvgIpc) is 3.40. The van der Waals surface area contributed by atoms with Crippen LogP contribution in [0.2, 0.25) is 0 Å². The van der Waals surface area contributed by atoms with Crippen LogP contribution in [0.4, 0.5) is 4.79 Å². The Morgan fingerprint density at radius 2 is 1.97 bits per heavy atom. The van der Waals surface area contributed by atoms with Crippen molar-refractivity contribution >= 4 is 6.03 Å². The third-order valence-electron chi connectivity index (χ3n) is 5.06. The summed E-state index contributed by atoms with van der Waals surface area (Å²) in [4.78, 5) is 17.3. The van der Waals surface area contributed by atoms with Gasteiger partial charge in [0, 0.05) is 19.4 Å². The SMILES string of the molecule is COc1cccc(C(NC(=O)NC(C)c2ccc3c(c2)OCO3)c2nccn2C)c1. The summed E-state index contributed by atoms with van der Waals surface area (Å²) in [6.07, 6.45) is 3.55. The van der Waals surface area contributed by atoms with E-state index in [0.717, 1.165) is 11.1 Å². The first kappa shape index (κ1) is 19.6. The highest BCUT2D eigenvalue weighted by Gasteiger charge is 2.23. The number of nitrogens with zero attached hydrogens (tertiary/aromatic N) is 2. The number of carbonyl (C=O) groups excluding carboxylic acids is 1. The van der Waals surface area contributed by atoms with Crippen molar-refractivity contribution in [3.8, 4) is 17.2 Å². The molecule has 0 fully saturated rings. The van der Waals surface area contributed by atoms with Crippen LogP contribution in [0.5, 0.6) is 17.2 Å². The second-order valence-corrected chi connectivity index (χ2v) is 7.06. The largest absolute Gasteiger partial charge is 0.497 e. The molecular formula is C22H24N4O4. The quantitative estimate of drug-likeness (QED) is 0.654. The number of urea groups is 1. The normalized spacial score (nSPS) is 14.1. The second-order valence-electron chi connectivity index (χ2n) is 7.06. The Kier molecular flexibility index (Phi) is 5.47. The van der Waals surface area contributed by atoms with Gasteiger partial charge in [-0.2, -0.15) is 0 Å². The molecule has 1 aliphatic heterocycles. The highest BCUT2D eigenvalue weighted by molar-refractivity contribution is 5.75. The number of amides is 2. The van der Waals surface area contributed by atoms with E-state index in [-0.39, 0.29) is 18.9 Å². The van der Waals surface area contributed by atoms with Crippen molar-refractivity contribution in [1.82, 2.24) is 20.2 Å². The van der Waals surface area contributed by atoms with E-state index in [1.807, 2.05) is 67.2 Å². The Labute approximate surface area is 174 Å². The molecule has 30 heavy (non-hydrogen) atoms. The topological polar surface area (TPSA) is 86.6 Å². The minimum Gasteiger partial charge on any atom is -0.497 e. The van der Waals surface area contributed by atoms with E-state index < -0.39 is 6.04 Å². The maximum absolute atomic E-state index is 12.9. The van der Waals surface area contributed by atoms with Crippen molar-refractivity contribution in [3.63, 3.8) is 0 Å². The van der Waals surface area contributed by atoms with Crippen LogP contribution in [0.1, 0.15) is 36.0 Å². The van der Waals surface area contributed by atoms with Gasteiger partial charge in [-0.05, 0) is 42.3 Å². The van der Waals surface area contributed by atoms with Gasteiger partial charge in [-0.1, -0.05) is 18.2 Å². The summed E-state index contributed by atoms with van der Waals surface area (Å²) >= 11 is 0. The number of nitrogens with one attached hydrogen (secondary N) is 2. The van der Waals surface area contributed by atoms with Gasteiger partial charge in [0.05, 0.1) is 13.2 Å². The molecule has 0 spiro atoms. The van der Waals surface area contributed by atoms with Crippen LogP contribution in [0.3, 0.4) is 0 Å². The van der Waals surface area contributed by atoms with Crippen LogP contribution in [0, 0.1) is 0 Å².